The Bertz CT molecular complexity index is 1220. The van der Waals surface area contributed by atoms with Crippen molar-refractivity contribution in [1.82, 2.24) is 18.9 Å². The molecule has 1 aliphatic heterocycles. The summed E-state index contributed by atoms with van der Waals surface area (Å²) in [6.07, 6.45) is 8.14. The van der Waals surface area contributed by atoms with Crippen LogP contribution in [0.3, 0.4) is 0 Å². The first-order chi connectivity index (χ1) is 14.7. The normalized spacial score (nSPS) is 15.0. The molecule has 6 heteroatoms. The second kappa shape index (κ2) is 7.88. The third-order valence-corrected chi connectivity index (χ3v) is 5.94. The zero-order chi connectivity index (χ0) is 20.5. The van der Waals surface area contributed by atoms with E-state index in [1.165, 1.54) is 0 Å². The maximum absolute atomic E-state index is 12.9. The molecule has 1 fully saturated rings. The zero-order valence-electron chi connectivity index (χ0n) is 17.0. The zero-order valence-corrected chi connectivity index (χ0v) is 17.0. The molecule has 0 amide bonds. The minimum atomic E-state index is -0.0107. The molecule has 1 saturated heterocycles. The first-order valence-corrected chi connectivity index (χ1v) is 10.3. The number of benzene rings is 1. The maximum Gasteiger partial charge on any atom is 0.276 e. The fourth-order valence-corrected chi connectivity index (χ4v) is 4.17. The molecule has 0 aliphatic carbocycles. The highest BCUT2D eigenvalue weighted by Gasteiger charge is 2.22. The lowest BCUT2D eigenvalue weighted by atomic mass is 9.99. The lowest BCUT2D eigenvalue weighted by Gasteiger charge is -2.21. The predicted octanol–water partition coefficient (Wildman–Crippen LogP) is 3.58. The molecule has 0 saturated carbocycles. The second-order valence-electron chi connectivity index (χ2n) is 7.83. The smallest absolute Gasteiger partial charge is 0.276 e. The molecule has 4 aromatic rings. The van der Waals surface area contributed by atoms with Gasteiger partial charge < -0.3 is 9.30 Å². The summed E-state index contributed by atoms with van der Waals surface area (Å²) >= 11 is 0. The molecule has 30 heavy (non-hydrogen) atoms. The van der Waals surface area contributed by atoms with E-state index in [9.17, 15) is 4.79 Å². The van der Waals surface area contributed by atoms with E-state index in [1.807, 2.05) is 29.6 Å². The largest absolute Gasteiger partial charge is 0.381 e. The van der Waals surface area contributed by atoms with Crippen LogP contribution in [0.5, 0.6) is 0 Å². The molecule has 4 heterocycles. The summed E-state index contributed by atoms with van der Waals surface area (Å²) in [6, 6.07) is 14.3. The number of pyridine rings is 1. The van der Waals surface area contributed by atoms with Gasteiger partial charge in [0.25, 0.3) is 5.56 Å². The van der Waals surface area contributed by atoms with E-state index in [-0.39, 0.29) is 5.56 Å². The Morgan fingerprint density at radius 2 is 1.87 bits per heavy atom. The van der Waals surface area contributed by atoms with Gasteiger partial charge in [-0.15, -0.1) is 0 Å². The highest BCUT2D eigenvalue weighted by atomic mass is 16.5. The lowest BCUT2D eigenvalue weighted by molar-refractivity contribution is 0.0835. The summed E-state index contributed by atoms with van der Waals surface area (Å²) < 4.78 is 9.22. The van der Waals surface area contributed by atoms with Crippen LogP contribution in [0.1, 0.15) is 35.8 Å². The summed E-state index contributed by atoms with van der Waals surface area (Å²) in [5, 5.41) is 0. The molecule has 0 unspecified atom stereocenters. The van der Waals surface area contributed by atoms with E-state index >= 15 is 0 Å². The summed E-state index contributed by atoms with van der Waals surface area (Å²) in [5.41, 5.74) is 4.77. The van der Waals surface area contributed by atoms with Gasteiger partial charge in [0.2, 0.25) is 0 Å². The van der Waals surface area contributed by atoms with Crippen molar-refractivity contribution in [2.75, 3.05) is 13.2 Å². The van der Waals surface area contributed by atoms with E-state index in [1.54, 1.807) is 17.0 Å². The molecular formula is C24H24N4O2. The molecule has 152 valence electrons. The minimum Gasteiger partial charge on any atom is -0.381 e. The van der Waals surface area contributed by atoms with Crippen LogP contribution in [0.2, 0.25) is 0 Å². The summed E-state index contributed by atoms with van der Waals surface area (Å²) in [6.45, 7) is 1.50. The fourth-order valence-electron chi connectivity index (χ4n) is 4.17. The lowest BCUT2D eigenvalue weighted by Crippen LogP contribution is -2.24. The highest BCUT2D eigenvalue weighted by Crippen LogP contribution is 2.26. The molecular weight excluding hydrogens is 376 g/mol. The number of hydrogen-bond donors (Lipinski definition) is 0. The molecule has 0 atom stereocenters. The van der Waals surface area contributed by atoms with Crippen molar-refractivity contribution < 1.29 is 4.74 Å². The number of fused-ring (bicyclic) bond motifs is 1. The fraction of sp³-hybridized carbons (Fsp3) is 0.292. The van der Waals surface area contributed by atoms with Crippen LogP contribution < -0.4 is 5.56 Å². The van der Waals surface area contributed by atoms with Crippen molar-refractivity contribution in [3.63, 3.8) is 0 Å². The molecule has 3 aromatic heterocycles. The Hall–Kier alpha value is -3.25. The summed E-state index contributed by atoms with van der Waals surface area (Å²) in [5.74, 6) is 1.30. The number of nitrogens with zero attached hydrogens (tertiary/aromatic N) is 4. The predicted molar refractivity (Wildman–Crippen MR) is 116 cm³/mol. The third kappa shape index (κ3) is 3.44. The number of imidazole rings is 1. The molecule has 6 nitrogen and oxygen atoms in total. The van der Waals surface area contributed by atoms with Crippen LogP contribution in [0.25, 0.3) is 16.8 Å². The molecule has 5 rings (SSSR count). The Morgan fingerprint density at radius 3 is 2.60 bits per heavy atom. The van der Waals surface area contributed by atoms with Gasteiger partial charge in [0, 0.05) is 56.3 Å². The van der Waals surface area contributed by atoms with Crippen molar-refractivity contribution in [1.29, 1.82) is 0 Å². The Labute approximate surface area is 174 Å². The average molecular weight is 400 g/mol. The van der Waals surface area contributed by atoms with Crippen molar-refractivity contribution in [2.45, 2.75) is 25.2 Å². The molecule has 0 N–H and O–H groups in total. The maximum atomic E-state index is 12.9. The SMILES string of the molecule is Cn1c(Cc2ccc(-c3ccccn3)cc2)cn2c(C3CCOCC3)ncc2c1=O. The number of aromatic nitrogens is 4. The molecule has 0 bridgehead atoms. The van der Waals surface area contributed by atoms with Crippen LogP contribution in [-0.2, 0) is 18.2 Å². The number of rotatable bonds is 4. The van der Waals surface area contributed by atoms with Crippen LogP contribution >= 0.6 is 0 Å². The van der Waals surface area contributed by atoms with Crippen molar-refractivity contribution >= 4 is 5.52 Å². The molecule has 1 aromatic carbocycles. The van der Waals surface area contributed by atoms with Gasteiger partial charge in [-0.25, -0.2) is 4.98 Å². The number of ether oxygens (including phenoxy) is 1. The van der Waals surface area contributed by atoms with Gasteiger partial charge in [0.1, 0.15) is 11.3 Å². The van der Waals surface area contributed by atoms with Gasteiger partial charge in [-0.1, -0.05) is 30.3 Å². The second-order valence-corrected chi connectivity index (χ2v) is 7.83. The van der Waals surface area contributed by atoms with E-state index < -0.39 is 0 Å². The van der Waals surface area contributed by atoms with Gasteiger partial charge in [-0.2, -0.15) is 0 Å². The quantitative estimate of drug-likeness (QED) is 0.525. The monoisotopic (exact) mass is 400 g/mol. The van der Waals surface area contributed by atoms with Crippen molar-refractivity contribution in [3.8, 4) is 11.3 Å². The van der Waals surface area contributed by atoms with E-state index in [0.717, 1.165) is 54.4 Å². The van der Waals surface area contributed by atoms with Gasteiger partial charge in [0.15, 0.2) is 0 Å². The Balaban J connectivity index is 1.48. The Morgan fingerprint density at radius 1 is 1.07 bits per heavy atom. The van der Waals surface area contributed by atoms with Gasteiger partial charge in [-0.3, -0.25) is 14.2 Å². The summed E-state index contributed by atoms with van der Waals surface area (Å²) in [7, 11) is 1.83. The van der Waals surface area contributed by atoms with Gasteiger partial charge in [0.05, 0.1) is 11.9 Å². The third-order valence-electron chi connectivity index (χ3n) is 5.94. The standard InChI is InChI=1S/C24H24N4O2/c1-27-20(14-17-5-7-18(8-6-17)21-4-2-3-11-25-21)16-28-22(24(27)29)15-26-23(28)19-9-12-30-13-10-19/h2-8,11,15-16,19H,9-10,12-14H2,1H3. The minimum absolute atomic E-state index is 0.0107. The molecule has 0 radical (unpaired) electrons. The molecule has 1 aliphatic rings. The topological polar surface area (TPSA) is 61.4 Å². The summed E-state index contributed by atoms with van der Waals surface area (Å²) in [4.78, 5) is 22.0. The van der Waals surface area contributed by atoms with Crippen LogP contribution in [-0.4, -0.2) is 32.1 Å². The molecule has 0 spiro atoms. The Kier molecular flexibility index (Phi) is 4.93. The van der Waals surface area contributed by atoms with Crippen LogP contribution in [0.15, 0.2) is 65.8 Å². The highest BCUT2D eigenvalue weighted by molar-refractivity contribution is 5.59. The first kappa shape index (κ1) is 18.8. The van der Waals surface area contributed by atoms with Crippen LogP contribution in [0.4, 0.5) is 0 Å². The van der Waals surface area contributed by atoms with Gasteiger partial charge >= 0.3 is 0 Å². The van der Waals surface area contributed by atoms with Crippen molar-refractivity contribution in [2.24, 2.45) is 7.05 Å². The first-order valence-electron chi connectivity index (χ1n) is 10.3. The number of hydrogen-bond acceptors (Lipinski definition) is 4. The van der Waals surface area contributed by atoms with Gasteiger partial charge in [-0.05, 0) is 30.5 Å². The van der Waals surface area contributed by atoms with Crippen LogP contribution in [0, 0.1) is 0 Å². The van der Waals surface area contributed by atoms with E-state index in [0.29, 0.717) is 17.9 Å². The average Bonchev–Trinajstić information content (AvgIpc) is 3.23. The van der Waals surface area contributed by atoms with Crippen molar-refractivity contribution in [3.05, 3.63) is 88.5 Å². The van der Waals surface area contributed by atoms with E-state index in [2.05, 4.69) is 40.4 Å². The van der Waals surface area contributed by atoms with E-state index in [4.69, 9.17) is 4.74 Å².